The zero-order chi connectivity index (χ0) is 11.4. The average molecular weight is 216 g/mol. The Labute approximate surface area is 87.5 Å². The Morgan fingerprint density at radius 1 is 1.40 bits per heavy atom. The number of rotatable bonds is 4. The van der Waals surface area contributed by atoms with Crippen molar-refractivity contribution < 1.29 is 18.6 Å². The fourth-order valence-corrected chi connectivity index (χ4v) is 1.38. The van der Waals surface area contributed by atoms with Crippen molar-refractivity contribution in [1.82, 2.24) is 0 Å². The van der Waals surface area contributed by atoms with E-state index in [9.17, 15) is 13.9 Å². The van der Waals surface area contributed by atoms with E-state index in [0.717, 1.165) is 5.56 Å². The van der Waals surface area contributed by atoms with E-state index < -0.39 is 12.5 Å². The van der Waals surface area contributed by atoms with Crippen LogP contribution >= 0.6 is 0 Å². The molecule has 1 unspecified atom stereocenters. The SMILES string of the molecule is COc1cc(C(F)F)ccc1CC(C)O. The first-order valence-electron chi connectivity index (χ1n) is 4.67. The number of hydrogen-bond donors (Lipinski definition) is 1. The van der Waals surface area contributed by atoms with Gasteiger partial charge in [-0.3, -0.25) is 0 Å². The molecule has 2 nitrogen and oxygen atoms in total. The quantitative estimate of drug-likeness (QED) is 0.838. The Hall–Kier alpha value is -1.16. The van der Waals surface area contributed by atoms with Crippen LogP contribution in [0.3, 0.4) is 0 Å². The molecule has 4 heteroatoms. The fourth-order valence-electron chi connectivity index (χ4n) is 1.38. The summed E-state index contributed by atoms with van der Waals surface area (Å²) in [5.41, 5.74) is 0.665. The second-order valence-electron chi connectivity index (χ2n) is 3.43. The zero-order valence-corrected chi connectivity index (χ0v) is 8.71. The van der Waals surface area contributed by atoms with Gasteiger partial charge in [0.1, 0.15) is 5.75 Å². The summed E-state index contributed by atoms with van der Waals surface area (Å²) >= 11 is 0. The van der Waals surface area contributed by atoms with Gasteiger partial charge in [0.05, 0.1) is 13.2 Å². The normalized spacial score (nSPS) is 12.9. The molecule has 0 radical (unpaired) electrons. The second-order valence-corrected chi connectivity index (χ2v) is 3.43. The summed E-state index contributed by atoms with van der Waals surface area (Å²) in [4.78, 5) is 0. The van der Waals surface area contributed by atoms with Gasteiger partial charge in [-0.15, -0.1) is 0 Å². The zero-order valence-electron chi connectivity index (χ0n) is 8.71. The average Bonchev–Trinajstić information content (AvgIpc) is 2.17. The molecular formula is C11H14F2O2. The van der Waals surface area contributed by atoms with Crippen molar-refractivity contribution in [2.24, 2.45) is 0 Å². The van der Waals surface area contributed by atoms with E-state index in [4.69, 9.17) is 4.74 Å². The summed E-state index contributed by atoms with van der Waals surface area (Å²) < 4.78 is 29.7. The van der Waals surface area contributed by atoms with Crippen LogP contribution in [0, 0.1) is 0 Å². The molecule has 0 heterocycles. The Bertz CT molecular complexity index is 324. The number of halogens is 2. The Morgan fingerprint density at radius 3 is 2.53 bits per heavy atom. The first-order valence-corrected chi connectivity index (χ1v) is 4.67. The Balaban J connectivity index is 2.98. The molecule has 0 saturated heterocycles. The van der Waals surface area contributed by atoms with Crippen LogP contribution in [0.4, 0.5) is 8.78 Å². The van der Waals surface area contributed by atoms with Gasteiger partial charge in [-0.2, -0.15) is 0 Å². The highest BCUT2D eigenvalue weighted by atomic mass is 19.3. The summed E-state index contributed by atoms with van der Waals surface area (Å²) in [6, 6.07) is 4.22. The number of hydrogen-bond acceptors (Lipinski definition) is 2. The molecule has 1 aromatic carbocycles. The van der Waals surface area contributed by atoms with Crippen molar-refractivity contribution in [3.63, 3.8) is 0 Å². The van der Waals surface area contributed by atoms with Gasteiger partial charge in [0.2, 0.25) is 0 Å². The second kappa shape index (κ2) is 5.07. The maximum atomic E-state index is 12.4. The first-order chi connectivity index (χ1) is 7.04. The molecule has 0 aliphatic carbocycles. The molecule has 0 amide bonds. The van der Waals surface area contributed by atoms with Crippen molar-refractivity contribution in [3.8, 4) is 5.75 Å². The van der Waals surface area contributed by atoms with Crippen LogP contribution < -0.4 is 4.74 Å². The minimum Gasteiger partial charge on any atom is -0.496 e. The monoisotopic (exact) mass is 216 g/mol. The molecule has 0 fully saturated rings. The lowest BCUT2D eigenvalue weighted by Crippen LogP contribution is -2.06. The van der Waals surface area contributed by atoms with Crippen molar-refractivity contribution in [2.45, 2.75) is 25.9 Å². The highest BCUT2D eigenvalue weighted by molar-refractivity contribution is 5.38. The van der Waals surface area contributed by atoms with Gasteiger partial charge in [-0.25, -0.2) is 8.78 Å². The van der Waals surface area contributed by atoms with Gasteiger partial charge in [0.25, 0.3) is 6.43 Å². The molecule has 0 aliphatic rings. The van der Waals surface area contributed by atoms with Crippen LogP contribution in [-0.2, 0) is 6.42 Å². The topological polar surface area (TPSA) is 29.5 Å². The van der Waals surface area contributed by atoms with E-state index in [1.807, 2.05) is 0 Å². The van der Waals surface area contributed by atoms with Crippen molar-refractivity contribution in [3.05, 3.63) is 29.3 Å². The molecule has 0 spiro atoms. The molecule has 0 aromatic heterocycles. The molecule has 1 atom stereocenters. The maximum absolute atomic E-state index is 12.4. The standard InChI is InChI=1S/C11H14F2O2/c1-7(14)5-8-3-4-9(11(12)13)6-10(8)15-2/h3-4,6-7,11,14H,5H2,1-2H3. The van der Waals surface area contributed by atoms with Gasteiger partial charge in [-0.1, -0.05) is 12.1 Å². The summed E-state index contributed by atoms with van der Waals surface area (Å²) in [5, 5.41) is 9.20. The van der Waals surface area contributed by atoms with Crippen molar-refractivity contribution in [1.29, 1.82) is 0 Å². The molecule has 84 valence electrons. The smallest absolute Gasteiger partial charge is 0.263 e. The molecule has 15 heavy (non-hydrogen) atoms. The number of benzene rings is 1. The number of alkyl halides is 2. The number of aliphatic hydroxyl groups excluding tert-OH is 1. The summed E-state index contributed by atoms with van der Waals surface area (Å²) in [7, 11) is 1.43. The highest BCUT2D eigenvalue weighted by Gasteiger charge is 2.12. The predicted octanol–water partition coefficient (Wildman–Crippen LogP) is 2.56. The lowest BCUT2D eigenvalue weighted by molar-refractivity contribution is 0.151. The van der Waals surface area contributed by atoms with Gasteiger partial charge < -0.3 is 9.84 Å². The van der Waals surface area contributed by atoms with Crippen molar-refractivity contribution >= 4 is 0 Å². The first kappa shape index (κ1) is 11.9. The molecule has 1 aromatic rings. The molecule has 0 saturated carbocycles. The van der Waals surface area contributed by atoms with Gasteiger partial charge in [-0.05, 0) is 18.6 Å². The van der Waals surface area contributed by atoms with Crippen LogP contribution in [0.25, 0.3) is 0 Å². The third-order valence-electron chi connectivity index (χ3n) is 2.08. The molecule has 1 N–H and O–H groups in total. The van der Waals surface area contributed by atoms with E-state index >= 15 is 0 Å². The summed E-state index contributed by atoms with van der Waals surface area (Å²) in [6.45, 7) is 1.64. The molecule has 1 rings (SSSR count). The lowest BCUT2D eigenvalue weighted by atomic mass is 10.1. The lowest BCUT2D eigenvalue weighted by Gasteiger charge is -2.11. The van der Waals surface area contributed by atoms with E-state index in [1.54, 1.807) is 13.0 Å². The number of methoxy groups -OCH3 is 1. The third-order valence-corrected chi connectivity index (χ3v) is 2.08. The van der Waals surface area contributed by atoms with Crippen molar-refractivity contribution in [2.75, 3.05) is 7.11 Å². The Kier molecular flexibility index (Phi) is 4.03. The summed E-state index contributed by atoms with van der Waals surface area (Å²) in [5.74, 6) is 0.397. The fraction of sp³-hybridized carbons (Fsp3) is 0.455. The molecular weight excluding hydrogens is 202 g/mol. The van der Waals surface area contributed by atoms with Gasteiger partial charge in [0.15, 0.2) is 0 Å². The molecule has 0 bridgehead atoms. The van der Waals surface area contributed by atoms with Crippen LogP contribution in [0.5, 0.6) is 5.75 Å². The Morgan fingerprint density at radius 2 is 2.07 bits per heavy atom. The van der Waals surface area contributed by atoms with Crippen LogP contribution in [0.15, 0.2) is 18.2 Å². The third kappa shape index (κ3) is 3.16. The van der Waals surface area contributed by atoms with Gasteiger partial charge >= 0.3 is 0 Å². The largest absolute Gasteiger partial charge is 0.496 e. The van der Waals surface area contributed by atoms with E-state index in [-0.39, 0.29) is 5.56 Å². The number of aliphatic hydroxyl groups is 1. The van der Waals surface area contributed by atoms with E-state index in [2.05, 4.69) is 0 Å². The predicted molar refractivity (Wildman–Crippen MR) is 53.3 cm³/mol. The summed E-state index contributed by atoms with van der Waals surface area (Å²) in [6.07, 6.45) is -2.62. The van der Waals surface area contributed by atoms with Crippen LogP contribution in [0.1, 0.15) is 24.5 Å². The van der Waals surface area contributed by atoms with Gasteiger partial charge in [0, 0.05) is 12.0 Å². The maximum Gasteiger partial charge on any atom is 0.263 e. The van der Waals surface area contributed by atoms with E-state index in [0.29, 0.717) is 12.2 Å². The molecule has 0 aliphatic heterocycles. The highest BCUT2D eigenvalue weighted by Crippen LogP contribution is 2.27. The van der Waals surface area contributed by atoms with Crippen LogP contribution in [-0.4, -0.2) is 18.3 Å². The number of ether oxygens (including phenoxy) is 1. The minimum absolute atomic E-state index is 0.0683. The van der Waals surface area contributed by atoms with Crippen LogP contribution in [0.2, 0.25) is 0 Å². The van der Waals surface area contributed by atoms with E-state index in [1.165, 1.54) is 19.2 Å². The minimum atomic E-state index is -2.50.